The van der Waals surface area contributed by atoms with Gasteiger partial charge in [-0.1, -0.05) is 42.0 Å². The normalized spacial score (nSPS) is 12.2. The van der Waals surface area contributed by atoms with Crippen molar-refractivity contribution in [1.29, 1.82) is 0 Å². The zero-order valence-corrected chi connectivity index (χ0v) is 13.3. The number of nitrogens with two attached hydrogens (primary N) is 1. The Hall–Kier alpha value is -2.33. The van der Waals surface area contributed by atoms with Crippen LogP contribution in [-0.2, 0) is 0 Å². The number of hydrogen-bond acceptors (Lipinski definition) is 3. The first-order valence-electron chi connectivity index (χ1n) is 7.34. The zero-order chi connectivity index (χ0) is 16.1. The molecule has 2 aromatic rings. The molecule has 0 radical (unpaired) electrons. The van der Waals surface area contributed by atoms with E-state index in [9.17, 15) is 4.79 Å². The molecule has 4 nitrogen and oxygen atoms in total. The molecule has 1 unspecified atom stereocenters. The Morgan fingerprint density at radius 2 is 1.77 bits per heavy atom. The van der Waals surface area contributed by atoms with Crippen LogP contribution in [0, 0.1) is 6.92 Å². The van der Waals surface area contributed by atoms with Gasteiger partial charge in [0.25, 0.3) is 5.91 Å². The monoisotopic (exact) mass is 297 g/mol. The molecular weight excluding hydrogens is 274 g/mol. The lowest BCUT2D eigenvalue weighted by Gasteiger charge is -2.25. The lowest BCUT2D eigenvalue weighted by molar-refractivity contribution is 0.0943. The molecule has 0 aliphatic rings. The third-order valence-electron chi connectivity index (χ3n) is 3.75. The van der Waals surface area contributed by atoms with Gasteiger partial charge in [0.05, 0.1) is 11.6 Å². The van der Waals surface area contributed by atoms with Crippen molar-refractivity contribution in [3.8, 4) is 0 Å². The number of hydrogen-bond donors (Lipinski definition) is 2. The van der Waals surface area contributed by atoms with Crippen LogP contribution < -0.4 is 11.1 Å². The molecular formula is C18H23N3O. The summed E-state index contributed by atoms with van der Waals surface area (Å²) in [6.07, 6.45) is 0. The quantitative estimate of drug-likeness (QED) is 0.834. The molecule has 116 valence electrons. The van der Waals surface area contributed by atoms with E-state index in [1.165, 1.54) is 11.1 Å². The third-order valence-corrected chi connectivity index (χ3v) is 3.75. The maximum Gasteiger partial charge on any atom is 0.253 e. The van der Waals surface area contributed by atoms with E-state index >= 15 is 0 Å². The highest BCUT2D eigenvalue weighted by molar-refractivity contribution is 5.99. The minimum atomic E-state index is -0.142. The fraction of sp³-hybridized carbons (Fsp3) is 0.278. The van der Waals surface area contributed by atoms with Gasteiger partial charge in [0, 0.05) is 12.2 Å². The van der Waals surface area contributed by atoms with E-state index < -0.39 is 0 Å². The molecule has 0 spiro atoms. The fourth-order valence-electron chi connectivity index (χ4n) is 2.38. The molecule has 2 aromatic carbocycles. The number of carbonyl (C=O) groups is 1. The van der Waals surface area contributed by atoms with Gasteiger partial charge < -0.3 is 16.0 Å². The Balaban J connectivity index is 2.08. The zero-order valence-electron chi connectivity index (χ0n) is 13.3. The van der Waals surface area contributed by atoms with E-state index in [0.717, 1.165) is 0 Å². The summed E-state index contributed by atoms with van der Waals surface area (Å²) in [4.78, 5) is 14.4. The highest BCUT2D eigenvalue weighted by Gasteiger charge is 2.16. The van der Waals surface area contributed by atoms with Gasteiger partial charge in [-0.25, -0.2) is 0 Å². The predicted molar refractivity (Wildman–Crippen MR) is 90.8 cm³/mol. The Morgan fingerprint density at radius 1 is 1.14 bits per heavy atom. The summed E-state index contributed by atoms with van der Waals surface area (Å²) < 4.78 is 0. The van der Waals surface area contributed by atoms with Crippen molar-refractivity contribution in [2.45, 2.75) is 13.0 Å². The van der Waals surface area contributed by atoms with Crippen LogP contribution in [0.3, 0.4) is 0 Å². The number of nitrogen functional groups attached to an aromatic ring is 1. The van der Waals surface area contributed by atoms with Crippen LogP contribution in [0.5, 0.6) is 0 Å². The maximum absolute atomic E-state index is 12.3. The van der Waals surface area contributed by atoms with Crippen LogP contribution in [0.4, 0.5) is 5.69 Å². The van der Waals surface area contributed by atoms with Gasteiger partial charge in [-0.15, -0.1) is 0 Å². The number of carbonyl (C=O) groups excluding carboxylic acids is 1. The van der Waals surface area contributed by atoms with E-state index in [1.807, 2.05) is 26.2 Å². The Kier molecular flexibility index (Phi) is 5.17. The minimum Gasteiger partial charge on any atom is -0.398 e. The molecule has 0 aliphatic heterocycles. The highest BCUT2D eigenvalue weighted by atomic mass is 16.1. The first kappa shape index (κ1) is 16.0. The number of amides is 1. The number of nitrogens with one attached hydrogen (secondary N) is 1. The van der Waals surface area contributed by atoms with E-state index in [-0.39, 0.29) is 11.9 Å². The first-order chi connectivity index (χ1) is 10.5. The maximum atomic E-state index is 12.3. The molecule has 0 aliphatic carbocycles. The van der Waals surface area contributed by atoms with E-state index in [1.54, 1.807) is 12.1 Å². The number of nitrogens with zero attached hydrogens (tertiary/aromatic N) is 1. The van der Waals surface area contributed by atoms with Gasteiger partial charge in [0.15, 0.2) is 0 Å². The number of anilines is 1. The number of aryl methyl sites for hydroxylation is 1. The van der Waals surface area contributed by atoms with Crippen molar-refractivity contribution in [3.05, 3.63) is 65.2 Å². The fourth-order valence-corrected chi connectivity index (χ4v) is 2.38. The number of rotatable bonds is 5. The molecule has 0 bridgehead atoms. The molecule has 0 saturated carbocycles. The van der Waals surface area contributed by atoms with E-state index in [4.69, 9.17) is 5.73 Å². The summed E-state index contributed by atoms with van der Waals surface area (Å²) in [5.74, 6) is -0.142. The van der Waals surface area contributed by atoms with Crippen molar-refractivity contribution in [3.63, 3.8) is 0 Å². The summed E-state index contributed by atoms with van der Waals surface area (Å²) in [5, 5.41) is 2.97. The van der Waals surface area contributed by atoms with Crippen LogP contribution >= 0.6 is 0 Å². The van der Waals surface area contributed by atoms with Gasteiger partial charge in [0.1, 0.15) is 0 Å². The minimum absolute atomic E-state index is 0.120. The average Bonchev–Trinajstić information content (AvgIpc) is 2.49. The predicted octanol–water partition coefficient (Wildman–Crippen LogP) is 2.61. The van der Waals surface area contributed by atoms with Crippen LogP contribution in [0.25, 0.3) is 0 Å². The topological polar surface area (TPSA) is 58.4 Å². The second-order valence-corrected chi connectivity index (χ2v) is 5.69. The van der Waals surface area contributed by atoms with E-state index in [2.05, 4.69) is 41.4 Å². The molecule has 4 heteroatoms. The van der Waals surface area contributed by atoms with Crippen molar-refractivity contribution in [1.82, 2.24) is 10.2 Å². The molecule has 2 rings (SSSR count). The molecule has 3 N–H and O–H groups in total. The lowest BCUT2D eigenvalue weighted by Crippen LogP contribution is -2.34. The standard InChI is InChI=1S/C18H23N3O/c1-13-8-10-14(11-9-13)17(21(2)3)12-20-18(22)15-6-4-5-7-16(15)19/h4-11,17H,12,19H2,1-3H3,(H,20,22). The Morgan fingerprint density at radius 3 is 2.36 bits per heavy atom. The van der Waals surface area contributed by atoms with Gasteiger partial charge in [-0.05, 0) is 38.7 Å². The SMILES string of the molecule is Cc1ccc(C(CNC(=O)c2ccccc2N)N(C)C)cc1. The molecule has 22 heavy (non-hydrogen) atoms. The van der Waals surface area contributed by atoms with Gasteiger partial charge in [-0.3, -0.25) is 4.79 Å². The lowest BCUT2D eigenvalue weighted by atomic mass is 10.0. The average molecular weight is 297 g/mol. The summed E-state index contributed by atoms with van der Waals surface area (Å²) in [6, 6.07) is 15.6. The largest absolute Gasteiger partial charge is 0.398 e. The Bertz CT molecular complexity index is 635. The molecule has 0 aromatic heterocycles. The van der Waals surface area contributed by atoms with Crippen molar-refractivity contribution < 1.29 is 4.79 Å². The first-order valence-corrected chi connectivity index (χ1v) is 7.34. The second kappa shape index (κ2) is 7.09. The van der Waals surface area contributed by atoms with Gasteiger partial charge >= 0.3 is 0 Å². The molecule has 1 atom stereocenters. The van der Waals surface area contributed by atoms with Crippen LogP contribution in [0.15, 0.2) is 48.5 Å². The van der Waals surface area contributed by atoms with Crippen molar-refractivity contribution >= 4 is 11.6 Å². The smallest absolute Gasteiger partial charge is 0.253 e. The van der Waals surface area contributed by atoms with Gasteiger partial charge in [-0.2, -0.15) is 0 Å². The number of para-hydroxylation sites is 1. The number of benzene rings is 2. The van der Waals surface area contributed by atoms with Crippen molar-refractivity contribution in [2.75, 3.05) is 26.4 Å². The van der Waals surface area contributed by atoms with Crippen LogP contribution in [0.1, 0.15) is 27.5 Å². The molecule has 0 heterocycles. The van der Waals surface area contributed by atoms with Crippen molar-refractivity contribution in [2.24, 2.45) is 0 Å². The summed E-state index contributed by atoms with van der Waals surface area (Å²) >= 11 is 0. The summed E-state index contributed by atoms with van der Waals surface area (Å²) in [7, 11) is 4.01. The summed E-state index contributed by atoms with van der Waals surface area (Å²) in [6.45, 7) is 2.59. The third kappa shape index (κ3) is 3.86. The van der Waals surface area contributed by atoms with E-state index in [0.29, 0.717) is 17.8 Å². The van der Waals surface area contributed by atoms with Gasteiger partial charge in [0.2, 0.25) is 0 Å². The Labute approximate surface area is 131 Å². The molecule has 0 fully saturated rings. The number of likely N-dealkylation sites (N-methyl/N-ethyl adjacent to an activating group) is 1. The molecule has 0 saturated heterocycles. The summed E-state index contributed by atoms with van der Waals surface area (Å²) in [5.41, 5.74) is 9.26. The highest BCUT2D eigenvalue weighted by Crippen LogP contribution is 2.18. The molecule has 1 amide bonds. The second-order valence-electron chi connectivity index (χ2n) is 5.69. The van der Waals surface area contributed by atoms with Crippen LogP contribution in [-0.4, -0.2) is 31.4 Å². The van der Waals surface area contributed by atoms with Crippen LogP contribution in [0.2, 0.25) is 0 Å².